The van der Waals surface area contributed by atoms with Gasteiger partial charge in [0.05, 0.1) is 11.4 Å². The van der Waals surface area contributed by atoms with E-state index in [1.54, 1.807) is 0 Å². The molecular formula is C14H15N3O2. The molecule has 2 heterocycles. The number of carbonyl (C=O) groups is 1. The van der Waals surface area contributed by atoms with Crippen LogP contribution >= 0.6 is 0 Å². The molecule has 1 aliphatic heterocycles. The van der Waals surface area contributed by atoms with Crippen LogP contribution in [0.1, 0.15) is 12.2 Å². The minimum absolute atomic E-state index is 0.297. The molecule has 1 fully saturated rings. The average molecular weight is 257 g/mol. The molecule has 1 aromatic heterocycles. The van der Waals surface area contributed by atoms with E-state index in [4.69, 9.17) is 5.11 Å². The SMILES string of the molecule is Cc1nc(N2CC[C@H](C(=O)O)C2)c2ccccc2n1. The molecule has 1 aromatic carbocycles. The van der Waals surface area contributed by atoms with Gasteiger partial charge in [-0.25, -0.2) is 9.97 Å². The summed E-state index contributed by atoms with van der Waals surface area (Å²) < 4.78 is 0. The molecular weight excluding hydrogens is 242 g/mol. The number of carboxylic acid groups (broad SMARTS) is 1. The third-order valence-corrected chi connectivity index (χ3v) is 3.53. The minimum Gasteiger partial charge on any atom is -0.481 e. The molecule has 19 heavy (non-hydrogen) atoms. The van der Waals surface area contributed by atoms with Gasteiger partial charge in [-0.2, -0.15) is 0 Å². The number of aliphatic carboxylic acids is 1. The fourth-order valence-corrected chi connectivity index (χ4v) is 2.57. The Labute approximate surface area is 110 Å². The number of aromatic nitrogens is 2. The average Bonchev–Trinajstić information content (AvgIpc) is 2.87. The normalized spacial score (nSPS) is 19.0. The van der Waals surface area contributed by atoms with Crippen molar-refractivity contribution in [2.24, 2.45) is 5.92 Å². The number of anilines is 1. The lowest BCUT2D eigenvalue weighted by Crippen LogP contribution is -2.24. The van der Waals surface area contributed by atoms with Gasteiger partial charge in [0.15, 0.2) is 0 Å². The topological polar surface area (TPSA) is 66.3 Å². The van der Waals surface area contributed by atoms with E-state index in [0.29, 0.717) is 18.8 Å². The Morgan fingerprint density at radius 1 is 1.37 bits per heavy atom. The molecule has 0 radical (unpaired) electrons. The predicted octanol–water partition coefficient (Wildman–Crippen LogP) is 1.85. The summed E-state index contributed by atoms with van der Waals surface area (Å²) in [6, 6.07) is 7.84. The summed E-state index contributed by atoms with van der Waals surface area (Å²) in [6.07, 6.45) is 0.673. The van der Waals surface area contributed by atoms with Gasteiger partial charge in [-0.1, -0.05) is 12.1 Å². The van der Waals surface area contributed by atoms with Crippen LogP contribution in [-0.2, 0) is 4.79 Å². The van der Waals surface area contributed by atoms with E-state index in [-0.39, 0.29) is 5.92 Å². The molecule has 98 valence electrons. The second kappa shape index (κ2) is 4.50. The first-order valence-electron chi connectivity index (χ1n) is 6.36. The summed E-state index contributed by atoms with van der Waals surface area (Å²) in [5.41, 5.74) is 0.906. The second-order valence-corrected chi connectivity index (χ2v) is 4.88. The van der Waals surface area contributed by atoms with Crippen LogP contribution in [0.4, 0.5) is 5.82 Å². The lowest BCUT2D eigenvalue weighted by Gasteiger charge is -2.19. The molecule has 1 atom stereocenters. The maximum atomic E-state index is 11.0. The van der Waals surface area contributed by atoms with E-state index >= 15 is 0 Å². The number of rotatable bonds is 2. The maximum absolute atomic E-state index is 11.0. The lowest BCUT2D eigenvalue weighted by molar-refractivity contribution is -0.140. The van der Waals surface area contributed by atoms with E-state index < -0.39 is 5.97 Å². The lowest BCUT2D eigenvalue weighted by atomic mass is 10.1. The molecule has 5 heteroatoms. The van der Waals surface area contributed by atoms with Gasteiger partial charge in [0.2, 0.25) is 0 Å². The maximum Gasteiger partial charge on any atom is 0.308 e. The van der Waals surface area contributed by atoms with E-state index in [9.17, 15) is 4.79 Å². The molecule has 0 saturated carbocycles. The number of carboxylic acids is 1. The van der Waals surface area contributed by atoms with Gasteiger partial charge in [0, 0.05) is 18.5 Å². The summed E-state index contributed by atoms with van der Waals surface area (Å²) in [6.45, 7) is 3.12. The quantitative estimate of drug-likeness (QED) is 0.889. The van der Waals surface area contributed by atoms with E-state index in [2.05, 4.69) is 14.9 Å². The van der Waals surface area contributed by atoms with Crippen LogP contribution in [0.2, 0.25) is 0 Å². The number of para-hydroxylation sites is 1. The van der Waals surface area contributed by atoms with Crippen LogP contribution in [0.5, 0.6) is 0 Å². The molecule has 0 aliphatic carbocycles. The fourth-order valence-electron chi connectivity index (χ4n) is 2.57. The monoisotopic (exact) mass is 257 g/mol. The van der Waals surface area contributed by atoms with Crippen LogP contribution in [0.15, 0.2) is 24.3 Å². The first-order chi connectivity index (χ1) is 9.15. The van der Waals surface area contributed by atoms with Gasteiger partial charge in [-0.05, 0) is 25.5 Å². The summed E-state index contributed by atoms with van der Waals surface area (Å²) >= 11 is 0. The number of hydrogen-bond donors (Lipinski definition) is 1. The Balaban J connectivity index is 2.03. The first-order valence-corrected chi connectivity index (χ1v) is 6.36. The van der Waals surface area contributed by atoms with Gasteiger partial charge in [0.1, 0.15) is 11.6 Å². The zero-order valence-corrected chi connectivity index (χ0v) is 10.7. The molecule has 0 amide bonds. The largest absolute Gasteiger partial charge is 0.481 e. The van der Waals surface area contributed by atoms with Crippen molar-refractivity contribution in [1.29, 1.82) is 0 Å². The Morgan fingerprint density at radius 3 is 2.89 bits per heavy atom. The highest BCUT2D eigenvalue weighted by atomic mass is 16.4. The number of nitrogens with zero attached hydrogens (tertiary/aromatic N) is 3. The molecule has 0 spiro atoms. The zero-order chi connectivity index (χ0) is 13.4. The van der Waals surface area contributed by atoms with Crippen LogP contribution in [0, 0.1) is 12.8 Å². The van der Waals surface area contributed by atoms with E-state index in [1.165, 1.54) is 0 Å². The predicted molar refractivity (Wildman–Crippen MR) is 72.2 cm³/mol. The summed E-state index contributed by atoms with van der Waals surface area (Å²) in [5.74, 6) is 0.547. The third kappa shape index (κ3) is 2.12. The standard InChI is InChI=1S/C14H15N3O2/c1-9-15-12-5-3-2-4-11(12)13(16-9)17-7-6-10(8-17)14(18)19/h2-5,10H,6-8H2,1H3,(H,18,19)/t10-/m0/s1. The molecule has 2 aromatic rings. The van der Waals surface area contributed by atoms with Crippen molar-refractivity contribution < 1.29 is 9.90 Å². The van der Waals surface area contributed by atoms with Gasteiger partial charge in [-0.15, -0.1) is 0 Å². The Kier molecular flexibility index (Phi) is 2.81. The molecule has 1 N–H and O–H groups in total. The van der Waals surface area contributed by atoms with Crippen LogP contribution in [-0.4, -0.2) is 34.1 Å². The summed E-state index contributed by atoms with van der Waals surface area (Å²) in [4.78, 5) is 22.0. The van der Waals surface area contributed by atoms with Gasteiger partial charge in [0.25, 0.3) is 0 Å². The zero-order valence-electron chi connectivity index (χ0n) is 10.7. The molecule has 5 nitrogen and oxygen atoms in total. The smallest absolute Gasteiger partial charge is 0.308 e. The second-order valence-electron chi connectivity index (χ2n) is 4.88. The highest BCUT2D eigenvalue weighted by molar-refractivity contribution is 5.90. The molecule has 0 unspecified atom stereocenters. The Bertz CT molecular complexity index is 642. The van der Waals surface area contributed by atoms with Gasteiger partial charge < -0.3 is 10.0 Å². The fraction of sp³-hybridized carbons (Fsp3) is 0.357. The van der Waals surface area contributed by atoms with Gasteiger partial charge in [-0.3, -0.25) is 4.79 Å². The van der Waals surface area contributed by atoms with Gasteiger partial charge >= 0.3 is 5.97 Å². The Morgan fingerprint density at radius 2 is 2.16 bits per heavy atom. The van der Waals surface area contributed by atoms with Crippen LogP contribution < -0.4 is 4.90 Å². The van der Waals surface area contributed by atoms with Crippen molar-refractivity contribution in [3.05, 3.63) is 30.1 Å². The van der Waals surface area contributed by atoms with Crippen LogP contribution in [0.3, 0.4) is 0 Å². The minimum atomic E-state index is -0.724. The van der Waals surface area contributed by atoms with Crippen molar-refractivity contribution in [3.63, 3.8) is 0 Å². The van der Waals surface area contributed by atoms with Crippen molar-refractivity contribution in [2.75, 3.05) is 18.0 Å². The van der Waals surface area contributed by atoms with Crippen LogP contribution in [0.25, 0.3) is 10.9 Å². The van der Waals surface area contributed by atoms with E-state index in [1.807, 2.05) is 31.2 Å². The summed E-state index contributed by atoms with van der Waals surface area (Å²) in [5, 5.41) is 10.1. The number of aryl methyl sites for hydroxylation is 1. The Hall–Kier alpha value is -2.17. The molecule has 3 rings (SSSR count). The number of benzene rings is 1. The third-order valence-electron chi connectivity index (χ3n) is 3.53. The molecule has 0 bridgehead atoms. The van der Waals surface area contributed by atoms with Crippen molar-refractivity contribution >= 4 is 22.7 Å². The molecule has 1 saturated heterocycles. The number of hydrogen-bond acceptors (Lipinski definition) is 4. The molecule has 1 aliphatic rings. The number of fused-ring (bicyclic) bond motifs is 1. The van der Waals surface area contributed by atoms with Crippen molar-refractivity contribution in [2.45, 2.75) is 13.3 Å². The highest BCUT2D eigenvalue weighted by Gasteiger charge is 2.29. The first kappa shape index (κ1) is 11.9. The van der Waals surface area contributed by atoms with Crippen molar-refractivity contribution in [3.8, 4) is 0 Å². The summed E-state index contributed by atoms with van der Waals surface area (Å²) in [7, 11) is 0. The van der Waals surface area contributed by atoms with Crippen molar-refractivity contribution in [1.82, 2.24) is 9.97 Å². The highest BCUT2D eigenvalue weighted by Crippen LogP contribution is 2.28. The van der Waals surface area contributed by atoms with E-state index in [0.717, 1.165) is 23.3 Å².